The molecule has 2 amide bonds. The second kappa shape index (κ2) is 6.51. The molecule has 2 rings (SSSR count). The highest BCUT2D eigenvalue weighted by Crippen LogP contribution is 2.10. The molecule has 1 aromatic rings. The number of carbonyl (C=O) groups excluding carboxylic acids is 2. The van der Waals surface area contributed by atoms with Gasteiger partial charge >= 0.3 is 0 Å². The molecule has 7 heteroatoms. The number of nitrogens with one attached hydrogen (secondary N) is 1. The van der Waals surface area contributed by atoms with Gasteiger partial charge in [0.05, 0.1) is 6.04 Å². The van der Waals surface area contributed by atoms with Crippen LogP contribution in [0.25, 0.3) is 0 Å². The van der Waals surface area contributed by atoms with Gasteiger partial charge in [-0.1, -0.05) is 0 Å². The van der Waals surface area contributed by atoms with Crippen molar-refractivity contribution in [2.24, 2.45) is 5.73 Å². The van der Waals surface area contributed by atoms with Gasteiger partial charge in [0.25, 0.3) is 5.91 Å². The van der Waals surface area contributed by atoms with E-state index in [2.05, 4.69) is 10.3 Å². The van der Waals surface area contributed by atoms with Crippen LogP contribution < -0.4 is 11.1 Å². The molecular weight excluding hydrogens is 260 g/mol. The van der Waals surface area contributed by atoms with Crippen LogP contribution in [0.4, 0.5) is 0 Å². The Morgan fingerprint density at radius 2 is 2.45 bits per heavy atom. The summed E-state index contributed by atoms with van der Waals surface area (Å²) in [7, 11) is 0. The number of oxazole rings is 1. The molecule has 20 heavy (non-hydrogen) atoms. The van der Waals surface area contributed by atoms with Crippen LogP contribution in [-0.4, -0.2) is 41.3 Å². The van der Waals surface area contributed by atoms with Crippen molar-refractivity contribution in [1.82, 2.24) is 15.2 Å². The number of hydrogen-bond donors (Lipinski definition) is 2. The van der Waals surface area contributed by atoms with Crippen molar-refractivity contribution < 1.29 is 14.0 Å². The van der Waals surface area contributed by atoms with Crippen LogP contribution in [0.3, 0.4) is 0 Å². The van der Waals surface area contributed by atoms with Gasteiger partial charge in [-0.15, -0.1) is 0 Å². The van der Waals surface area contributed by atoms with E-state index in [1.807, 2.05) is 4.90 Å². The highest BCUT2D eigenvalue weighted by Gasteiger charge is 2.19. The topological polar surface area (TPSA) is 101 Å². The van der Waals surface area contributed by atoms with Gasteiger partial charge in [0.1, 0.15) is 6.26 Å². The van der Waals surface area contributed by atoms with Crippen molar-refractivity contribution in [3.05, 3.63) is 17.8 Å². The summed E-state index contributed by atoms with van der Waals surface area (Å²) in [6, 6.07) is -0.335. The second-order valence-electron chi connectivity index (χ2n) is 4.95. The van der Waals surface area contributed by atoms with E-state index in [0.717, 1.165) is 19.4 Å². The lowest BCUT2D eigenvalue weighted by molar-refractivity contribution is -0.127. The molecule has 1 aliphatic heterocycles. The number of rotatable bonds is 6. The van der Waals surface area contributed by atoms with E-state index in [4.69, 9.17) is 10.2 Å². The molecule has 1 atom stereocenters. The first kappa shape index (κ1) is 14.5. The number of nitrogens with zero attached hydrogens (tertiary/aromatic N) is 2. The second-order valence-corrected chi connectivity index (χ2v) is 4.95. The van der Waals surface area contributed by atoms with Crippen molar-refractivity contribution in [2.75, 3.05) is 19.6 Å². The largest absolute Gasteiger partial charge is 0.446 e. The molecule has 110 valence electrons. The van der Waals surface area contributed by atoms with E-state index in [-0.39, 0.29) is 23.6 Å². The Kier molecular flexibility index (Phi) is 4.73. The van der Waals surface area contributed by atoms with Gasteiger partial charge in [-0.05, 0) is 19.8 Å². The van der Waals surface area contributed by atoms with Gasteiger partial charge < -0.3 is 20.4 Å². The van der Waals surface area contributed by atoms with Gasteiger partial charge in [-0.3, -0.25) is 9.59 Å². The molecule has 1 aromatic heterocycles. The first-order valence-electron chi connectivity index (χ1n) is 6.85. The fourth-order valence-electron chi connectivity index (χ4n) is 2.10. The van der Waals surface area contributed by atoms with Crippen molar-refractivity contribution in [2.45, 2.75) is 32.2 Å². The first-order chi connectivity index (χ1) is 9.58. The van der Waals surface area contributed by atoms with E-state index in [1.165, 1.54) is 6.26 Å². The molecule has 0 saturated carbocycles. The molecule has 0 aromatic carbocycles. The number of nitrogens with two attached hydrogens (primary N) is 1. The molecule has 3 N–H and O–H groups in total. The summed E-state index contributed by atoms with van der Waals surface area (Å²) in [5.74, 6) is 0.264. The van der Waals surface area contributed by atoms with Crippen LogP contribution in [0.1, 0.15) is 48.6 Å². The van der Waals surface area contributed by atoms with Crippen LogP contribution in [0.2, 0.25) is 0 Å². The van der Waals surface area contributed by atoms with Crippen LogP contribution in [0.5, 0.6) is 0 Å². The smallest absolute Gasteiger partial charge is 0.273 e. The Labute approximate surface area is 117 Å². The number of aromatic nitrogens is 1. The molecule has 0 spiro atoms. The van der Waals surface area contributed by atoms with E-state index in [0.29, 0.717) is 25.4 Å². The van der Waals surface area contributed by atoms with Gasteiger partial charge in [0.15, 0.2) is 5.69 Å². The third-order valence-electron chi connectivity index (χ3n) is 3.21. The van der Waals surface area contributed by atoms with Crippen LogP contribution in [-0.2, 0) is 4.79 Å². The molecule has 0 radical (unpaired) electrons. The van der Waals surface area contributed by atoms with Crippen LogP contribution in [0.15, 0.2) is 10.7 Å². The zero-order chi connectivity index (χ0) is 14.5. The van der Waals surface area contributed by atoms with Gasteiger partial charge in [-0.2, -0.15) is 0 Å². The van der Waals surface area contributed by atoms with Crippen molar-refractivity contribution in [3.8, 4) is 0 Å². The lowest BCUT2D eigenvalue weighted by Crippen LogP contribution is -2.30. The first-order valence-corrected chi connectivity index (χ1v) is 6.85. The molecular formula is C13H20N4O3. The lowest BCUT2D eigenvalue weighted by Gasteiger charge is -2.14. The molecule has 1 unspecified atom stereocenters. The minimum absolute atomic E-state index is 0.203. The van der Waals surface area contributed by atoms with Gasteiger partial charge in [0.2, 0.25) is 11.8 Å². The average molecular weight is 280 g/mol. The fourth-order valence-corrected chi connectivity index (χ4v) is 2.10. The molecule has 7 nitrogen and oxygen atoms in total. The number of carbonyl (C=O) groups is 2. The minimum atomic E-state index is -0.335. The van der Waals surface area contributed by atoms with E-state index in [9.17, 15) is 9.59 Å². The monoisotopic (exact) mass is 280 g/mol. The molecule has 1 fully saturated rings. The van der Waals surface area contributed by atoms with Gasteiger partial charge in [0, 0.05) is 26.1 Å². The Balaban J connectivity index is 1.70. The maximum atomic E-state index is 11.8. The standard InChI is InChI=1S/C13H20N4O3/c1-9(14)13-16-10(8-20-13)12(19)15-5-3-7-17-6-2-4-11(17)18/h8-9H,2-7,14H2,1H3,(H,15,19). The number of amides is 2. The predicted octanol–water partition coefficient (Wildman–Crippen LogP) is 0.437. The SMILES string of the molecule is CC(N)c1nc(C(=O)NCCCN2CCCC2=O)co1. The third kappa shape index (κ3) is 3.57. The van der Waals surface area contributed by atoms with E-state index >= 15 is 0 Å². The van der Waals surface area contributed by atoms with Gasteiger partial charge in [-0.25, -0.2) is 4.98 Å². The number of hydrogen-bond acceptors (Lipinski definition) is 5. The zero-order valence-corrected chi connectivity index (χ0v) is 11.6. The summed E-state index contributed by atoms with van der Waals surface area (Å²) in [5.41, 5.74) is 5.84. The Bertz CT molecular complexity index is 484. The lowest BCUT2D eigenvalue weighted by atomic mass is 10.3. The molecule has 0 bridgehead atoms. The quantitative estimate of drug-likeness (QED) is 0.736. The van der Waals surface area contributed by atoms with Crippen molar-refractivity contribution >= 4 is 11.8 Å². The van der Waals surface area contributed by atoms with Crippen molar-refractivity contribution in [1.29, 1.82) is 0 Å². The Morgan fingerprint density at radius 3 is 3.05 bits per heavy atom. The maximum absolute atomic E-state index is 11.8. The average Bonchev–Trinajstić information content (AvgIpc) is 3.03. The van der Waals surface area contributed by atoms with Crippen molar-refractivity contribution in [3.63, 3.8) is 0 Å². The summed E-state index contributed by atoms with van der Waals surface area (Å²) in [6.07, 6.45) is 3.61. The predicted molar refractivity (Wildman–Crippen MR) is 71.9 cm³/mol. The maximum Gasteiger partial charge on any atom is 0.273 e. The highest BCUT2D eigenvalue weighted by atomic mass is 16.3. The highest BCUT2D eigenvalue weighted by molar-refractivity contribution is 5.91. The normalized spacial score (nSPS) is 16.5. The summed E-state index contributed by atoms with van der Waals surface area (Å²) in [6.45, 7) is 3.75. The summed E-state index contributed by atoms with van der Waals surface area (Å²) < 4.78 is 5.10. The summed E-state index contributed by atoms with van der Waals surface area (Å²) in [5, 5.41) is 2.75. The summed E-state index contributed by atoms with van der Waals surface area (Å²) >= 11 is 0. The Morgan fingerprint density at radius 1 is 1.65 bits per heavy atom. The fraction of sp³-hybridized carbons (Fsp3) is 0.615. The van der Waals surface area contributed by atoms with E-state index < -0.39 is 0 Å². The number of likely N-dealkylation sites (tertiary alicyclic amines) is 1. The zero-order valence-electron chi connectivity index (χ0n) is 11.6. The Hall–Kier alpha value is -1.89. The minimum Gasteiger partial charge on any atom is -0.446 e. The molecule has 1 saturated heterocycles. The molecule has 1 aliphatic rings. The van der Waals surface area contributed by atoms with Crippen LogP contribution >= 0.6 is 0 Å². The van der Waals surface area contributed by atoms with Crippen LogP contribution in [0, 0.1) is 0 Å². The van der Waals surface area contributed by atoms with E-state index in [1.54, 1.807) is 6.92 Å². The molecule has 0 aliphatic carbocycles. The molecule has 2 heterocycles. The third-order valence-corrected chi connectivity index (χ3v) is 3.21. The summed E-state index contributed by atoms with van der Waals surface area (Å²) in [4.78, 5) is 29.0.